The van der Waals surface area contributed by atoms with Crippen LogP contribution in [0.4, 0.5) is 0 Å². The third-order valence-corrected chi connectivity index (χ3v) is 5.14. The van der Waals surface area contributed by atoms with Gasteiger partial charge in [-0.1, -0.05) is 11.6 Å². The molecular weight excluding hydrogens is 320 g/mol. The Bertz CT molecular complexity index is 607. The minimum absolute atomic E-state index is 0.0278. The molecule has 2 saturated heterocycles. The third-order valence-electron chi connectivity index (χ3n) is 4.94. The molecule has 0 radical (unpaired) electrons. The highest BCUT2D eigenvalue weighted by molar-refractivity contribution is 6.31. The number of aliphatic carboxylic acids is 1. The fraction of sp³-hybridized carbons (Fsp3) is 0.625. The Morgan fingerprint density at radius 2 is 2.00 bits per heavy atom. The molecule has 3 heterocycles. The van der Waals surface area contributed by atoms with Crippen LogP contribution in [0.15, 0.2) is 12.3 Å². The Kier molecular flexibility index (Phi) is 4.64. The van der Waals surface area contributed by atoms with Crippen molar-refractivity contribution in [3.8, 4) is 0 Å². The lowest BCUT2D eigenvalue weighted by Crippen LogP contribution is -2.43. The van der Waals surface area contributed by atoms with Crippen LogP contribution in [0.5, 0.6) is 0 Å². The van der Waals surface area contributed by atoms with Crippen molar-refractivity contribution in [3.05, 3.63) is 23.0 Å². The van der Waals surface area contributed by atoms with Crippen LogP contribution in [0.1, 0.15) is 29.8 Å². The first-order chi connectivity index (χ1) is 11.0. The summed E-state index contributed by atoms with van der Waals surface area (Å²) in [7, 11) is 1.80. The van der Waals surface area contributed by atoms with E-state index in [1.165, 1.54) is 0 Å². The van der Waals surface area contributed by atoms with Crippen LogP contribution >= 0.6 is 11.6 Å². The second kappa shape index (κ2) is 6.53. The van der Waals surface area contributed by atoms with Crippen molar-refractivity contribution >= 4 is 23.5 Å². The molecule has 0 aliphatic carbocycles. The zero-order valence-electron chi connectivity index (χ0n) is 13.1. The highest BCUT2D eigenvalue weighted by Crippen LogP contribution is 2.33. The zero-order chi connectivity index (χ0) is 16.6. The Labute approximate surface area is 140 Å². The molecule has 0 spiro atoms. The SMILES string of the molecule is Cn1cc(Cl)cc1C(=O)N1CCC([C@@H]2OCCC2C(=O)O)CC1. The fourth-order valence-corrected chi connectivity index (χ4v) is 3.92. The third kappa shape index (κ3) is 3.23. The maximum atomic E-state index is 12.6. The van der Waals surface area contributed by atoms with Crippen molar-refractivity contribution in [2.75, 3.05) is 19.7 Å². The average Bonchev–Trinajstić information content (AvgIpc) is 3.13. The summed E-state index contributed by atoms with van der Waals surface area (Å²) in [6, 6.07) is 1.68. The molecular formula is C16H21ClN2O4. The van der Waals surface area contributed by atoms with E-state index in [2.05, 4.69) is 0 Å². The molecule has 2 aliphatic heterocycles. The van der Waals surface area contributed by atoms with Crippen molar-refractivity contribution in [2.24, 2.45) is 18.9 Å². The zero-order valence-corrected chi connectivity index (χ0v) is 13.8. The van der Waals surface area contributed by atoms with Crippen molar-refractivity contribution < 1.29 is 19.4 Å². The van der Waals surface area contributed by atoms with Gasteiger partial charge in [-0.2, -0.15) is 0 Å². The number of carboxylic acid groups (broad SMARTS) is 1. The molecule has 126 valence electrons. The summed E-state index contributed by atoms with van der Waals surface area (Å²) in [6.07, 6.45) is 3.64. The highest BCUT2D eigenvalue weighted by atomic mass is 35.5. The molecule has 0 bridgehead atoms. The van der Waals surface area contributed by atoms with E-state index in [0.717, 1.165) is 12.8 Å². The van der Waals surface area contributed by atoms with Crippen LogP contribution in [-0.2, 0) is 16.6 Å². The van der Waals surface area contributed by atoms with Gasteiger partial charge >= 0.3 is 5.97 Å². The normalized spacial score (nSPS) is 25.7. The predicted molar refractivity (Wildman–Crippen MR) is 84.5 cm³/mol. The summed E-state index contributed by atoms with van der Waals surface area (Å²) in [5.41, 5.74) is 0.578. The van der Waals surface area contributed by atoms with Gasteiger partial charge in [-0.25, -0.2) is 0 Å². The predicted octanol–water partition coefficient (Wildman–Crippen LogP) is 2.02. The molecule has 2 fully saturated rings. The van der Waals surface area contributed by atoms with Gasteiger partial charge in [-0.05, 0) is 31.2 Å². The number of carboxylic acids is 1. The maximum Gasteiger partial charge on any atom is 0.309 e. The Morgan fingerprint density at radius 1 is 1.30 bits per heavy atom. The van der Waals surface area contributed by atoms with Gasteiger partial charge in [0.1, 0.15) is 5.69 Å². The van der Waals surface area contributed by atoms with Crippen molar-refractivity contribution in [3.63, 3.8) is 0 Å². The standard InChI is InChI=1S/C16H21ClN2O4/c1-18-9-11(17)8-13(18)15(20)19-5-2-10(3-6-19)14-12(16(21)22)4-7-23-14/h8-10,12,14H,2-7H2,1H3,(H,21,22)/t12?,14-/m0/s1. The number of aryl methyl sites for hydroxylation is 1. The van der Waals surface area contributed by atoms with Gasteiger partial charge in [0.15, 0.2) is 0 Å². The molecule has 7 heteroatoms. The fourth-order valence-electron chi connectivity index (χ4n) is 3.67. The molecule has 1 unspecified atom stereocenters. The number of halogens is 1. The average molecular weight is 341 g/mol. The van der Waals surface area contributed by atoms with Crippen molar-refractivity contribution in [1.29, 1.82) is 0 Å². The number of ether oxygens (including phenoxy) is 1. The second-order valence-corrected chi connectivity index (χ2v) is 6.79. The number of aromatic nitrogens is 1. The summed E-state index contributed by atoms with van der Waals surface area (Å²) in [4.78, 5) is 25.7. The molecule has 2 aliphatic rings. The number of hydrogen-bond donors (Lipinski definition) is 1. The van der Waals surface area contributed by atoms with Crippen molar-refractivity contribution in [2.45, 2.75) is 25.4 Å². The van der Waals surface area contributed by atoms with E-state index in [1.54, 1.807) is 23.9 Å². The van der Waals surface area contributed by atoms with E-state index in [0.29, 0.717) is 36.8 Å². The maximum absolute atomic E-state index is 12.6. The Hall–Kier alpha value is -1.53. The number of nitrogens with zero attached hydrogens (tertiary/aromatic N) is 2. The molecule has 6 nitrogen and oxygen atoms in total. The van der Waals surface area contributed by atoms with Gasteiger partial charge in [-0.3, -0.25) is 9.59 Å². The van der Waals surface area contributed by atoms with Crippen LogP contribution in [0.25, 0.3) is 0 Å². The van der Waals surface area contributed by atoms with Gasteiger partial charge in [0.2, 0.25) is 0 Å². The molecule has 2 atom stereocenters. The molecule has 0 aromatic carbocycles. The van der Waals surface area contributed by atoms with Gasteiger partial charge < -0.3 is 19.3 Å². The lowest BCUT2D eigenvalue weighted by atomic mass is 9.84. The van der Waals surface area contributed by atoms with Crippen LogP contribution < -0.4 is 0 Å². The quantitative estimate of drug-likeness (QED) is 0.913. The van der Waals surface area contributed by atoms with Crippen LogP contribution in [0, 0.1) is 11.8 Å². The summed E-state index contributed by atoms with van der Waals surface area (Å²) >= 11 is 5.94. The minimum atomic E-state index is -0.774. The van der Waals surface area contributed by atoms with Gasteiger partial charge in [0.05, 0.1) is 17.0 Å². The number of carbonyl (C=O) groups is 2. The van der Waals surface area contributed by atoms with Crippen LogP contribution in [-0.4, -0.2) is 52.3 Å². The van der Waals surface area contributed by atoms with Gasteiger partial charge in [-0.15, -0.1) is 0 Å². The van der Waals surface area contributed by atoms with E-state index in [-0.39, 0.29) is 17.9 Å². The van der Waals surface area contributed by atoms with Crippen molar-refractivity contribution in [1.82, 2.24) is 9.47 Å². The Morgan fingerprint density at radius 3 is 2.57 bits per heavy atom. The topological polar surface area (TPSA) is 71.8 Å². The number of piperidine rings is 1. The van der Waals surface area contributed by atoms with Gasteiger partial charge in [0.25, 0.3) is 5.91 Å². The largest absolute Gasteiger partial charge is 0.481 e. The molecule has 23 heavy (non-hydrogen) atoms. The first kappa shape index (κ1) is 16.3. The van der Waals surface area contributed by atoms with Crippen LogP contribution in [0.2, 0.25) is 5.02 Å². The number of amides is 1. The van der Waals surface area contributed by atoms with E-state index in [1.807, 2.05) is 4.90 Å². The lowest BCUT2D eigenvalue weighted by Gasteiger charge is -2.35. The van der Waals surface area contributed by atoms with Gasteiger partial charge in [0, 0.05) is 32.9 Å². The smallest absolute Gasteiger partial charge is 0.309 e. The lowest BCUT2D eigenvalue weighted by molar-refractivity contribution is -0.145. The molecule has 1 aromatic heterocycles. The van der Waals surface area contributed by atoms with E-state index in [4.69, 9.17) is 16.3 Å². The first-order valence-corrected chi connectivity index (χ1v) is 8.30. The Balaban J connectivity index is 1.61. The van der Waals surface area contributed by atoms with E-state index < -0.39 is 11.9 Å². The first-order valence-electron chi connectivity index (χ1n) is 7.93. The number of rotatable bonds is 3. The molecule has 1 N–H and O–H groups in total. The number of hydrogen-bond acceptors (Lipinski definition) is 3. The summed E-state index contributed by atoms with van der Waals surface area (Å²) in [5.74, 6) is -1.00. The highest BCUT2D eigenvalue weighted by Gasteiger charge is 2.40. The van der Waals surface area contributed by atoms with Crippen LogP contribution in [0.3, 0.4) is 0 Å². The monoisotopic (exact) mass is 340 g/mol. The number of likely N-dealkylation sites (tertiary alicyclic amines) is 1. The summed E-state index contributed by atoms with van der Waals surface area (Å²) < 4.78 is 7.40. The molecule has 1 amide bonds. The minimum Gasteiger partial charge on any atom is -0.481 e. The second-order valence-electron chi connectivity index (χ2n) is 6.35. The molecule has 0 saturated carbocycles. The summed E-state index contributed by atoms with van der Waals surface area (Å²) in [6.45, 7) is 1.76. The van der Waals surface area contributed by atoms with E-state index in [9.17, 15) is 14.7 Å². The molecule has 1 aromatic rings. The molecule has 3 rings (SSSR count). The van der Waals surface area contributed by atoms with E-state index >= 15 is 0 Å². The number of carbonyl (C=O) groups excluding carboxylic acids is 1. The summed E-state index contributed by atoms with van der Waals surface area (Å²) in [5, 5.41) is 9.83.